The van der Waals surface area contributed by atoms with Crippen molar-refractivity contribution in [3.8, 4) is 11.5 Å². The van der Waals surface area contributed by atoms with Gasteiger partial charge >= 0.3 is 5.69 Å². The number of anilines is 1. The predicted octanol–water partition coefficient (Wildman–Crippen LogP) is 4.12. The lowest BCUT2D eigenvalue weighted by molar-refractivity contribution is -0.385. The van der Waals surface area contributed by atoms with Gasteiger partial charge in [-0.2, -0.15) is 0 Å². The maximum atomic E-state index is 13.1. The molecule has 2 aromatic carbocycles. The minimum Gasteiger partial charge on any atom is -0.450 e. The number of nitrogens with one attached hydrogen (secondary N) is 1. The van der Waals surface area contributed by atoms with Crippen molar-refractivity contribution < 1.29 is 18.8 Å². The number of nitrogens with zero attached hydrogens (tertiary/aromatic N) is 1. The monoisotopic (exact) mass is 318 g/mol. The number of benzene rings is 2. The van der Waals surface area contributed by atoms with E-state index in [2.05, 4.69) is 5.32 Å². The minimum absolute atomic E-state index is 0.0598. The van der Waals surface area contributed by atoms with Crippen LogP contribution in [0.15, 0.2) is 42.5 Å². The van der Waals surface area contributed by atoms with E-state index in [1.807, 2.05) is 0 Å². The summed E-state index contributed by atoms with van der Waals surface area (Å²) in [6.45, 7) is 3.56. The molecular formula is C16H15FN2O4. The third-order valence-corrected chi connectivity index (χ3v) is 2.99. The van der Waals surface area contributed by atoms with Crippen molar-refractivity contribution in [3.63, 3.8) is 0 Å². The summed E-state index contributed by atoms with van der Waals surface area (Å²) in [7, 11) is 0. The Labute approximate surface area is 132 Å². The van der Waals surface area contributed by atoms with Gasteiger partial charge in [-0.1, -0.05) is 13.8 Å². The molecule has 23 heavy (non-hydrogen) atoms. The minimum atomic E-state index is -0.713. The fourth-order valence-electron chi connectivity index (χ4n) is 1.74. The summed E-state index contributed by atoms with van der Waals surface area (Å²) in [6, 6.07) is 9.43. The molecular weight excluding hydrogens is 303 g/mol. The maximum Gasteiger partial charge on any atom is 0.314 e. The number of halogens is 1. The van der Waals surface area contributed by atoms with Crippen LogP contribution in [0.5, 0.6) is 11.5 Å². The topological polar surface area (TPSA) is 81.5 Å². The molecule has 0 aromatic heterocycles. The Balaban J connectivity index is 2.16. The van der Waals surface area contributed by atoms with Gasteiger partial charge in [-0.15, -0.1) is 0 Å². The fraction of sp³-hybridized carbons (Fsp3) is 0.188. The van der Waals surface area contributed by atoms with Gasteiger partial charge in [0.25, 0.3) is 0 Å². The van der Waals surface area contributed by atoms with Crippen molar-refractivity contribution >= 4 is 17.3 Å². The van der Waals surface area contributed by atoms with Gasteiger partial charge in [-0.05, 0) is 36.4 Å². The Hall–Kier alpha value is -2.96. The molecule has 7 heteroatoms. The summed E-state index contributed by atoms with van der Waals surface area (Å²) in [5.74, 6) is -0.700. The van der Waals surface area contributed by atoms with Gasteiger partial charge in [-0.25, -0.2) is 4.39 Å². The summed E-state index contributed by atoms with van der Waals surface area (Å²) in [6.07, 6.45) is 0. The Morgan fingerprint density at radius 2 is 1.87 bits per heavy atom. The highest BCUT2D eigenvalue weighted by Gasteiger charge is 2.17. The average Bonchev–Trinajstić information content (AvgIpc) is 2.50. The lowest BCUT2D eigenvalue weighted by Crippen LogP contribution is -2.17. The number of amides is 1. The Morgan fingerprint density at radius 3 is 2.43 bits per heavy atom. The van der Waals surface area contributed by atoms with Gasteiger partial charge in [0.2, 0.25) is 11.7 Å². The van der Waals surface area contributed by atoms with E-state index in [4.69, 9.17) is 4.74 Å². The molecule has 1 amide bonds. The van der Waals surface area contributed by atoms with Crippen molar-refractivity contribution in [2.75, 3.05) is 5.32 Å². The molecule has 1 N–H and O–H groups in total. The first-order chi connectivity index (χ1) is 10.9. The molecule has 0 radical (unpaired) electrons. The molecule has 0 aliphatic rings. The molecule has 0 saturated carbocycles. The lowest BCUT2D eigenvalue weighted by Gasteiger charge is -2.09. The largest absolute Gasteiger partial charge is 0.450 e. The van der Waals surface area contributed by atoms with Crippen molar-refractivity contribution in [2.45, 2.75) is 13.8 Å². The number of ether oxygens (including phenoxy) is 1. The standard InChI is InChI=1S/C16H15FN2O4/c1-10(2)16(20)18-12-4-6-13(7-5-12)23-15-8-3-11(17)9-14(15)19(21)22/h3-10H,1-2H3,(H,18,20). The molecule has 0 bridgehead atoms. The van der Waals surface area contributed by atoms with E-state index in [1.165, 1.54) is 6.07 Å². The number of carbonyl (C=O) groups is 1. The fourth-order valence-corrected chi connectivity index (χ4v) is 1.74. The number of carbonyl (C=O) groups excluding carboxylic acids is 1. The Morgan fingerprint density at radius 1 is 1.22 bits per heavy atom. The van der Waals surface area contributed by atoms with Crippen molar-refractivity contribution in [1.82, 2.24) is 0 Å². The maximum absolute atomic E-state index is 13.1. The van der Waals surface area contributed by atoms with E-state index >= 15 is 0 Å². The molecule has 2 aromatic rings. The van der Waals surface area contributed by atoms with Crippen LogP contribution in [0, 0.1) is 21.8 Å². The summed E-state index contributed by atoms with van der Waals surface area (Å²) in [5.41, 5.74) is 0.131. The summed E-state index contributed by atoms with van der Waals surface area (Å²) < 4.78 is 18.5. The van der Waals surface area contributed by atoms with Gasteiger partial charge < -0.3 is 10.1 Å². The van der Waals surface area contributed by atoms with Gasteiger partial charge in [0.15, 0.2) is 0 Å². The highest BCUT2D eigenvalue weighted by Crippen LogP contribution is 2.32. The summed E-state index contributed by atoms with van der Waals surface area (Å²) in [4.78, 5) is 21.8. The Kier molecular flexibility index (Phi) is 4.90. The molecule has 0 saturated heterocycles. The molecule has 0 heterocycles. The number of nitro groups is 1. The van der Waals surface area contributed by atoms with E-state index in [-0.39, 0.29) is 17.6 Å². The second-order valence-electron chi connectivity index (χ2n) is 5.14. The van der Waals surface area contributed by atoms with E-state index in [0.717, 1.165) is 12.1 Å². The van der Waals surface area contributed by atoms with Crippen LogP contribution in [0.4, 0.5) is 15.8 Å². The predicted molar refractivity (Wildman–Crippen MR) is 83.0 cm³/mol. The third kappa shape index (κ3) is 4.26. The van der Waals surface area contributed by atoms with Crippen molar-refractivity contribution in [3.05, 3.63) is 58.4 Å². The molecule has 0 unspecified atom stereocenters. The summed E-state index contributed by atoms with van der Waals surface area (Å²) >= 11 is 0. The molecule has 0 aliphatic heterocycles. The quantitative estimate of drug-likeness (QED) is 0.664. The first-order valence-electron chi connectivity index (χ1n) is 6.89. The first kappa shape index (κ1) is 16.4. The van der Waals surface area contributed by atoms with E-state index in [9.17, 15) is 19.3 Å². The molecule has 0 spiro atoms. The van der Waals surface area contributed by atoms with Gasteiger partial charge in [0, 0.05) is 11.6 Å². The number of nitro benzene ring substituents is 1. The summed E-state index contributed by atoms with van der Waals surface area (Å²) in [5, 5.41) is 13.6. The smallest absolute Gasteiger partial charge is 0.314 e. The number of hydrogen-bond donors (Lipinski definition) is 1. The van der Waals surface area contributed by atoms with Crippen LogP contribution in [0.3, 0.4) is 0 Å². The van der Waals surface area contributed by atoms with Crippen LogP contribution in [-0.2, 0) is 4.79 Å². The molecule has 6 nitrogen and oxygen atoms in total. The molecule has 0 aliphatic carbocycles. The molecule has 2 rings (SSSR count). The lowest BCUT2D eigenvalue weighted by atomic mass is 10.2. The highest BCUT2D eigenvalue weighted by atomic mass is 19.1. The number of rotatable bonds is 5. The number of hydrogen-bond acceptors (Lipinski definition) is 4. The average molecular weight is 318 g/mol. The van der Waals surface area contributed by atoms with Crippen LogP contribution in [0.1, 0.15) is 13.8 Å². The zero-order valence-corrected chi connectivity index (χ0v) is 12.6. The normalized spacial score (nSPS) is 10.4. The van der Waals surface area contributed by atoms with Crippen LogP contribution in [0.25, 0.3) is 0 Å². The molecule has 0 fully saturated rings. The second-order valence-corrected chi connectivity index (χ2v) is 5.14. The molecule has 120 valence electrons. The van der Waals surface area contributed by atoms with Crippen molar-refractivity contribution in [2.24, 2.45) is 5.92 Å². The van der Waals surface area contributed by atoms with E-state index in [0.29, 0.717) is 11.4 Å². The van der Waals surface area contributed by atoms with Crippen LogP contribution in [0.2, 0.25) is 0 Å². The van der Waals surface area contributed by atoms with Crippen molar-refractivity contribution in [1.29, 1.82) is 0 Å². The zero-order chi connectivity index (χ0) is 17.0. The van der Waals surface area contributed by atoms with Gasteiger partial charge in [-0.3, -0.25) is 14.9 Å². The van der Waals surface area contributed by atoms with E-state index < -0.39 is 16.4 Å². The SMILES string of the molecule is CC(C)C(=O)Nc1ccc(Oc2ccc(F)cc2[N+](=O)[O-])cc1. The van der Waals surface area contributed by atoms with E-state index in [1.54, 1.807) is 38.1 Å². The first-order valence-corrected chi connectivity index (χ1v) is 6.89. The van der Waals surface area contributed by atoms with Crippen LogP contribution >= 0.6 is 0 Å². The van der Waals surface area contributed by atoms with Crippen LogP contribution < -0.4 is 10.1 Å². The third-order valence-electron chi connectivity index (χ3n) is 2.99. The highest BCUT2D eigenvalue weighted by molar-refractivity contribution is 5.92. The van der Waals surface area contributed by atoms with Crippen LogP contribution in [-0.4, -0.2) is 10.8 Å². The Bertz CT molecular complexity index is 729. The molecule has 0 atom stereocenters. The van der Waals surface area contributed by atoms with Gasteiger partial charge in [0.1, 0.15) is 11.6 Å². The zero-order valence-electron chi connectivity index (χ0n) is 12.6. The van der Waals surface area contributed by atoms with Gasteiger partial charge in [0.05, 0.1) is 11.0 Å². The second kappa shape index (κ2) is 6.87.